The van der Waals surface area contributed by atoms with Crippen LogP contribution in [0.4, 0.5) is 18.9 Å². The zero-order valence-electron chi connectivity index (χ0n) is 11.9. The first-order chi connectivity index (χ1) is 10.8. The number of anilines is 1. The average molecular weight is 329 g/mol. The van der Waals surface area contributed by atoms with Crippen molar-refractivity contribution in [1.82, 2.24) is 0 Å². The van der Waals surface area contributed by atoms with E-state index >= 15 is 0 Å². The van der Waals surface area contributed by atoms with E-state index in [1.807, 2.05) is 0 Å². The Morgan fingerprint density at radius 2 is 1.52 bits per heavy atom. The third-order valence-electron chi connectivity index (χ3n) is 3.71. The Bertz CT molecular complexity index is 630. The van der Waals surface area contributed by atoms with Gasteiger partial charge in [-0.2, -0.15) is 0 Å². The molecule has 124 valence electrons. The summed E-state index contributed by atoms with van der Waals surface area (Å²) in [6, 6.07) is 1.12. The number of nitrogens with zero attached hydrogens (tertiary/aromatic N) is 1. The molecule has 5 nitrogen and oxygen atoms in total. The molecule has 0 atom stereocenters. The summed E-state index contributed by atoms with van der Waals surface area (Å²) in [6.07, 6.45) is 3.66. The fraction of sp³-hybridized carbons (Fsp3) is 0.333. The zero-order valence-corrected chi connectivity index (χ0v) is 11.9. The summed E-state index contributed by atoms with van der Waals surface area (Å²) < 4.78 is 40.0. The predicted molar refractivity (Wildman–Crippen MR) is 74.4 cm³/mol. The predicted octanol–water partition coefficient (Wildman–Crippen LogP) is 2.91. The van der Waals surface area contributed by atoms with Gasteiger partial charge in [0.15, 0.2) is 23.0 Å². The molecule has 0 unspecified atom stereocenters. The van der Waals surface area contributed by atoms with Crippen molar-refractivity contribution in [2.45, 2.75) is 31.7 Å². The first kappa shape index (κ1) is 16.9. The lowest BCUT2D eigenvalue weighted by atomic mass is 10.1. The highest BCUT2D eigenvalue weighted by atomic mass is 19.2. The normalized spacial score (nSPS) is 14.6. The van der Waals surface area contributed by atoms with Gasteiger partial charge in [-0.05, 0) is 12.8 Å². The van der Waals surface area contributed by atoms with Crippen molar-refractivity contribution < 1.29 is 33.0 Å². The molecule has 0 aliphatic heterocycles. The number of rotatable bonds is 5. The fourth-order valence-corrected chi connectivity index (χ4v) is 2.61. The lowest BCUT2D eigenvalue weighted by Gasteiger charge is -2.28. The molecule has 23 heavy (non-hydrogen) atoms. The standard InChI is InChI=1S/C15H14F3NO4/c16-11-5-9(6-12(17)13(11)18)19(8-3-1-2-4-8)7-10(14(20)21)15(22)23/h5-8H,1-4H2,(H,20,21)(H,22,23). The Kier molecular flexibility index (Phi) is 4.92. The van der Waals surface area contributed by atoms with Gasteiger partial charge in [-0.15, -0.1) is 0 Å². The zero-order chi connectivity index (χ0) is 17.1. The summed E-state index contributed by atoms with van der Waals surface area (Å²) in [7, 11) is 0. The molecule has 1 aromatic carbocycles. The third-order valence-corrected chi connectivity index (χ3v) is 3.71. The van der Waals surface area contributed by atoms with Crippen molar-refractivity contribution in [3.63, 3.8) is 0 Å². The average Bonchev–Trinajstić information content (AvgIpc) is 2.98. The van der Waals surface area contributed by atoms with E-state index < -0.39 is 35.0 Å². The Labute approximate surface area is 129 Å². The summed E-state index contributed by atoms with van der Waals surface area (Å²) >= 11 is 0. The van der Waals surface area contributed by atoms with Crippen molar-refractivity contribution in [2.24, 2.45) is 0 Å². The van der Waals surface area contributed by atoms with Gasteiger partial charge in [-0.1, -0.05) is 12.8 Å². The van der Waals surface area contributed by atoms with Crippen LogP contribution in [-0.4, -0.2) is 28.2 Å². The molecule has 0 radical (unpaired) electrons. The second-order valence-corrected chi connectivity index (χ2v) is 5.22. The van der Waals surface area contributed by atoms with Crippen LogP contribution < -0.4 is 4.90 Å². The minimum absolute atomic E-state index is 0.131. The van der Waals surface area contributed by atoms with E-state index in [0.717, 1.165) is 19.0 Å². The number of hydrogen-bond donors (Lipinski definition) is 2. The largest absolute Gasteiger partial charge is 0.477 e. The second-order valence-electron chi connectivity index (χ2n) is 5.22. The maximum atomic E-state index is 13.4. The number of halogens is 3. The highest BCUT2D eigenvalue weighted by Crippen LogP contribution is 2.31. The Hall–Kier alpha value is -2.51. The Morgan fingerprint density at radius 1 is 1.04 bits per heavy atom. The van der Waals surface area contributed by atoms with Crippen LogP contribution in [0, 0.1) is 17.5 Å². The van der Waals surface area contributed by atoms with Crippen LogP contribution in [0.25, 0.3) is 0 Å². The molecule has 2 N–H and O–H groups in total. The number of hydrogen-bond acceptors (Lipinski definition) is 3. The minimum atomic E-state index is -1.68. The Morgan fingerprint density at radius 3 is 1.96 bits per heavy atom. The van der Waals surface area contributed by atoms with Crippen molar-refractivity contribution in [2.75, 3.05) is 4.90 Å². The molecule has 0 spiro atoms. The maximum absolute atomic E-state index is 13.4. The van der Waals surface area contributed by atoms with Gasteiger partial charge >= 0.3 is 11.9 Å². The number of benzene rings is 1. The SMILES string of the molecule is O=C(O)C(=CN(c1cc(F)c(F)c(F)c1)C1CCCC1)C(=O)O. The molecule has 8 heteroatoms. The van der Waals surface area contributed by atoms with Crippen LogP contribution >= 0.6 is 0 Å². The van der Waals surface area contributed by atoms with Crippen molar-refractivity contribution in [3.05, 3.63) is 41.4 Å². The summed E-state index contributed by atoms with van der Waals surface area (Å²) in [4.78, 5) is 23.2. The molecule has 1 saturated carbocycles. The monoisotopic (exact) mass is 329 g/mol. The highest BCUT2D eigenvalue weighted by Gasteiger charge is 2.27. The van der Waals surface area contributed by atoms with Crippen molar-refractivity contribution >= 4 is 17.6 Å². The molecule has 0 amide bonds. The van der Waals surface area contributed by atoms with Crippen molar-refractivity contribution in [1.29, 1.82) is 0 Å². The van der Waals surface area contributed by atoms with Gasteiger partial charge < -0.3 is 15.1 Å². The van der Waals surface area contributed by atoms with Crippen LogP contribution in [0.3, 0.4) is 0 Å². The number of carboxylic acid groups (broad SMARTS) is 2. The van der Waals surface area contributed by atoms with Crippen LogP contribution in [-0.2, 0) is 9.59 Å². The number of carbonyl (C=O) groups is 2. The van der Waals surface area contributed by atoms with Crippen LogP contribution in [0.5, 0.6) is 0 Å². The van der Waals surface area contributed by atoms with Crippen molar-refractivity contribution in [3.8, 4) is 0 Å². The second kappa shape index (κ2) is 6.72. The van der Waals surface area contributed by atoms with Crippen LogP contribution in [0.15, 0.2) is 23.9 Å². The van der Waals surface area contributed by atoms with Gasteiger partial charge in [-0.25, -0.2) is 22.8 Å². The van der Waals surface area contributed by atoms with E-state index in [1.54, 1.807) is 0 Å². The smallest absolute Gasteiger partial charge is 0.344 e. The maximum Gasteiger partial charge on any atom is 0.344 e. The van der Waals surface area contributed by atoms with Gasteiger partial charge in [0.05, 0.1) is 0 Å². The van der Waals surface area contributed by atoms with Gasteiger partial charge in [0.1, 0.15) is 0 Å². The van der Waals surface area contributed by atoms with Crippen LogP contribution in [0.1, 0.15) is 25.7 Å². The summed E-state index contributed by atoms with van der Waals surface area (Å²) in [5.41, 5.74) is -1.07. The van der Waals surface area contributed by atoms with Gasteiger partial charge in [0.25, 0.3) is 0 Å². The molecule has 2 rings (SSSR count). The van der Waals surface area contributed by atoms with E-state index in [-0.39, 0.29) is 11.7 Å². The lowest BCUT2D eigenvalue weighted by Crippen LogP contribution is -2.30. The van der Waals surface area contributed by atoms with Crippen LogP contribution in [0.2, 0.25) is 0 Å². The van der Waals surface area contributed by atoms with E-state index in [0.29, 0.717) is 25.0 Å². The summed E-state index contributed by atoms with van der Waals surface area (Å²) in [5.74, 6) is -7.85. The first-order valence-corrected chi connectivity index (χ1v) is 6.92. The molecule has 0 saturated heterocycles. The summed E-state index contributed by atoms with van der Waals surface area (Å²) in [6.45, 7) is 0. The molecule has 1 aliphatic rings. The molecule has 0 heterocycles. The molecule has 0 bridgehead atoms. The van der Waals surface area contributed by atoms with Gasteiger partial charge in [0, 0.05) is 30.1 Å². The fourth-order valence-electron chi connectivity index (χ4n) is 2.61. The third kappa shape index (κ3) is 3.64. The van der Waals surface area contributed by atoms with E-state index in [9.17, 15) is 22.8 Å². The Balaban J connectivity index is 2.52. The topological polar surface area (TPSA) is 77.8 Å². The molecule has 0 aromatic heterocycles. The highest BCUT2D eigenvalue weighted by molar-refractivity contribution is 6.12. The molecule has 1 aliphatic carbocycles. The molecular formula is C15H14F3NO4. The molecular weight excluding hydrogens is 315 g/mol. The molecule has 1 aromatic rings. The summed E-state index contributed by atoms with van der Waals surface area (Å²) in [5, 5.41) is 17.9. The van der Waals surface area contributed by atoms with E-state index in [4.69, 9.17) is 10.2 Å². The number of aliphatic carboxylic acids is 2. The first-order valence-electron chi connectivity index (χ1n) is 6.92. The molecule has 1 fully saturated rings. The van der Waals surface area contributed by atoms with Gasteiger partial charge in [-0.3, -0.25) is 0 Å². The quantitative estimate of drug-likeness (QED) is 0.376. The van der Waals surface area contributed by atoms with Gasteiger partial charge in [0.2, 0.25) is 0 Å². The van der Waals surface area contributed by atoms with E-state index in [2.05, 4.69) is 0 Å². The number of carboxylic acids is 2. The minimum Gasteiger partial charge on any atom is -0.477 e. The van der Waals surface area contributed by atoms with E-state index in [1.165, 1.54) is 4.90 Å². The lowest BCUT2D eigenvalue weighted by molar-refractivity contribution is -0.140.